The van der Waals surface area contributed by atoms with E-state index in [1.807, 2.05) is 0 Å². The molecule has 114 valence electrons. The fourth-order valence-electron chi connectivity index (χ4n) is 2.39. The molecule has 6 nitrogen and oxygen atoms in total. The van der Waals surface area contributed by atoms with Gasteiger partial charge in [0.05, 0.1) is 25.9 Å². The number of carbonyl (C=O) groups excluding carboxylic acids is 2. The zero-order chi connectivity index (χ0) is 15.6. The van der Waals surface area contributed by atoms with Crippen LogP contribution in [0.15, 0.2) is 22.7 Å². The molecule has 2 unspecified atom stereocenters. The van der Waals surface area contributed by atoms with E-state index in [0.29, 0.717) is 11.3 Å². The number of halogens is 1. The lowest BCUT2D eigenvalue weighted by molar-refractivity contribution is -0.145. The Morgan fingerprint density at radius 2 is 2.10 bits per heavy atom. The predicted octanol–water partition coefficient (Wildman–Crippen LogP) is 1.21. The first-order valence-corrected chi connectivity index (χ1v) is 7.17. The Morgan fingerprint density at radius 1 is 1.38 bits per heavy atom. The number of nitrogens with zero attached hydrogens (tertiary/aromatic N) is 1. The highest BCUT2D eigenvalue weighted by molar-refractivity contribution is 9.10. The number of aliphatic hydroxyl groups is 1. The molecule has 2 rings (SSSR count). The standard InChI is InChI=1S/C14H16BrNO5/c1-20-12-5-8(15)3-4-10(12)13(18)16-7-9(17)6-11(16)14(19)21-2/h3-5,9,11,17H,6-7H2,1-2H3. The van der Waals surface area contributed by atoms with E-state index in [0.717, 1.165) is 4.47 Å². The van der Waals surface area contributed by atoms with Crippen LogP contribution in [0.2, 0.25) is 0 Å². The predicted molar refractivity (Wildman–Crippen MR) is 78.2 cm³/mol. The minimum atomic E-state index is -0.772. The van der Waals surface area contributed by atoms with Crippen LogP contribution in [0.5, 0.6) is 5.75 Å². The Bertz CT molecular complexity index is 562. The third-order valence-corrected chi connectivity index (χ3v) is 3.90. The maximum atomic E-state index is 12.6. The number of methoxy groups -OCH3 is 2. The number of rotatable bonds is 3. The van der Waals surface area contributed by atoms with Crippen LogP contribution in [0, 0.1) is 0 Å². The first-order valence-electron chi connectivity index (χ1n) is 6.38. The molecule has 0 radical (unpaired) electrons. The summed E-state index contributed by atoms with van der Waals surface area (Å²) in [6.45, 7) is 0.0951. The number of hydrogen-bond acceptors (Lipinski definition) is 5. The van der Waals surface area contributed by atoms with E-state index in [9.17, 15) is 14.7 Å². The van der Waals surface area contributed by atoms with E-state index in [4.69, 9.17) is 9.47 Å². The average molecular weight is 358 g/mol. The van der Waals surface area contributed by atoms with E-state index in [2.05, 4.69) is 15.9 Å². The normalized spacial score (nSPS) is 21.2. The second kappa shape index (κ2) is 6.44. The summed E-state index contributed by atoms with van der Waals surface area (Å²) in [5.74, 6) is -0.498. The molecule has 7 heteroatoms. The number of ether oxygens (including phenoxy) is 2. The molecule has 1 fully saturated rings. The van der Waals surface area contributed by atoms with Crippen LogP contribution < -0.4 is 4.74 Å². The zero-order valence-electron chi connectivity index (χ0n) is 11.7. The lowest BCUT2D eigenvalue weighted by Crippen LogP contribution is -2.41. The Balaban J connectivity index is 2.32. The number of β-amino-alcohol motifs (C(OH)–C–C–N with tert-alkyl or cyclic N) is 1. The van der Waals surface area contributed by atoms with E-state index in [1.54, 1.807) is 18.2 Å². The Hall–Kier alpha value is -1.60. The fraction of sp³-hybridized carbons (Fsp3) is 0.429. The first-order chi connectivity index (χ1) is 9.97. The molecule has 21 heavy (non-hydrogen) atoms. The molecule has 0 aromatic heterocycles. The summed E-state index contributed by atoms with van der Waals surface area (Å²) in [6, 6.07) is 4.23. The summed E-state index contributed by atoms with van der Waals surface area (Å²) in [6.07, 6.45) is -0.559. The largest absolute Gasteiger partial charge is 0.496 e. The Kier molecular flexibility index (Phi) is 4.84. The number of amides is 1. The smallest absolute Gasteiger partial charge is 0.328 e. The van der Waals surface area contributed by atoms with Gasteiger partial charge in [-0.15, -0.1) is 0 Å². The molecule has 1 amide bonds. The number of benzene rings is 1. The van der Waals surface area contributed by atoms with Crippen LogP contribution in [-0.2, 0) is 9.53 Å². The van der Waals surface area contributed by atoms with Crippen LogP contribution in [0.4, 0.5) is 0 Å². The van der Waals surface area contributed by atoms with Crippen molar-refractivity contribution in [3.05, 3.63) is 28.2 Å². The van der Waals surface area contributed by atoms with Crippen LogP contribution in [0.3, 0.4) is 0 Å². The summed E-state index contributed by atoms with van der Waals surface area (Å²) in [5.41, 5.74) is 0.337. The summed E-state index contributed by atoms with van der Waals surface area (Å²) < 4.78 is 10.7. The number of carbonyl (C=O) groups is 2. The molecule has 1 aliphatic rings. The number of aliphatic hydroxyl groups excluding tert-OH is 1. The number of esters is 1. The van der Waals surface area contributed by atoms with Crippen molar-refractivity contribution in [1.82, 2.24) is 4.90 Å². The number of likely N-dealkylation sites (tertiary alicyclic amines) is 1. The third kappa shape index (κ3) is 3.19. The molecular weight excluding hydrogens is 342 g/mol. The Labute approximate surface area is 130 Å². The van der Waals surface area contributed by atoms with Crippen molar-refractivity contribution in [2.24, 2.45) is 0 Å². The molecule has 1 heterocycles. The summed E-state index contributed by atoms with van der Waals surface area (Å²) in [5, 5.41) is 9.74. The van der Waals surface area contributed by atoms with Gasteiger partial charge >= 0.3 is 5.97 Å². The topological polar surface area (TPSA) is 76.1 Å². The number of hydrogen-bond donors (Lipinski definition) is 1. The van der Waals surface area contributed by atoms with Crippen molar-refractivity contribution in [2.75, 3.05) is 20.8 Å². The molecular formula is C14H16BrNO5. The van der Waals surface area contributed by atoms with Gasteiger partial charge in [-0.2, -0.15) is 0 Å². The molecule has 1 aromatic rings. The van der Waals surface area contributed by atoms with Crippen LogP contribution in [0.1, 0.15) is 16.8 Å². The maximum Gasteiger partial charge on any atom is 0.328 e. The van der Waals surface area contributed by atoms with Gasteiger partial charge in [0, 0.05) is 17.4 Å². The molecule has 0 spiro atoms. The van der Waals surface area contributed by atoms with E-state index in [-0.39, 0.29) is 18.9 Å². The molecule has 0 aliphatic carbocycles. The van der Waals surface area contributed by atoms with Crippen LogP contribution in [0.25, 0.3) is 0 Å². The highest BCUT2D eigenvalue weighted by Crippen LogP contribution is 2.28. The van der Waals surface area contributed by atoms with Crippen molar-refractivity contribution in [2.45, 2.75) is 18.6 Å². The highest BCUT2D eigenvalue weighted by atomic mass is 79.9. The minimum absolute atomic E-state index is 0.0951. The SMILES string of the molecule is COC(=O)C1CC(O)CN1C(=O)c1ccc(Br)cc1OC. The van der Waals surface area contributed by atoms with E-state index in [1.165, 1.54) is 19.1 Å². The summed E-state index contributed by atoms with van der Waals surface area (Å²) in [7, 11) is 2.73. The molecule has 2 atom stereocenters. The average Bonchev–Trinajstić information content (AvgIpc) is 2.87. The molecule has 0 saturated carbocycles. The zero-order valence-corrected chi connectivity index (χ0v) is 13.3. The monoisotopic (exact) mass is 357 g/mol. The van der Waals surface area contributed by atoms with Gasteiger partial charge in [0.1, 0.15) is 11.8 Å². The van der Waals surface area contributed by atoms with Gasteiger partial charge in [0.25, 0.3) is 5.91 Å². The van der Waals surface area contributed by atoms with Crippen molar-refractivity contribution >= 4 is 27.8 Å². The molecule has 1 aromatic carbocycles. The van der Waals surface area contributed by atoms with Crippen molar-refractivity contribution < 1.29 is 24.2 Å². The lowest BCUT2D eigenvalue weighted by Gasteiger charge is -2.23. The third-order valence-electron chi connectivity index (χ3n) is 3.41. The molecule has 1 aliphatic heterocycles. The Morgan fingerprint density at radius 3 is 2.71 bits per heavy atom. The second-order valence-corrected chi connectivity index (χ2v) is 5.65. The molecule has 1 N–H and O–H groups in total. The van der Waals surface area contributed by atoms with E-state index >= 15 is 0 Å². The van der Waals surface area contributed by atoms with Crippen LogP contribution >= 0.6 is 15.9 Å². The van der Waals surface area contributed by atoms with Crippen molar-refractivity contribution in [3.8, 4) is 5.75 Å². The summed E-state index contributed by atoms with van der Waals surface area (Å²) in [4.78, 5) is 25.7. The quantitative estimate of drug-likeness (QED) is 0.822. The maximum absolute atomic E-state index is 12.6. The van der Waals surface area contributed by atoms with Gasteiger partial charge in [-0.25, -0.2) is 4.79 Å². The lowest BCUT2D eigenvalue weighted by atomic mass is 10.1. The molecule has 1 saturated heterocycles. The van der Waals surface area contributed by atoms with Crippen molar-refractivity contribution in [1.29, 1.82) is 0 Å². The summed E-state index contributed by atoms with van der Waals surface area (Å²) >= 11 is 3.31. The van der Waals surface area contributed by atoms with E-state index < -0.39 is 18.1 Å². The van der Waals surface area contributed by atoms with Gasteiger partial charge in [-0.3, -0.25) is 4.79 Å². The highest BCUT2D eigenvalue weighted by Gasteiger charge is 2.40. The van der Waals surface area contributed by atoms with Crippen molar-refractivity contribution in [3.63, 3.8) is 0 Å². The van der Waals surface area contributed by atoms with Gasteiger partial charge in [0.15, 0.2) is 0 Å². The van der Waals surface area contributed by atoms with Gasteiger partial charge in [0.2, 0.25) is 0 Å². The van der Waals surface area contributed by atoms with Crippen LogP contribution in [-0.4, -0.2) is 54.8 Å². The van der Waals surface area contributed by atoms with Gasteiger partial charge in [-0.05, 0) is 18.2 Å². The fourth-order valence-corrected chi connectivity index (χ4v) is 2.73. The molecule has 0 bridgehead atoms. The van der Waals surface area contributed by atoms with Gasteiger partial charge < -0.3 is 19.5 Å². The van der Waals surface area contributed by atoms with Gasteiger partial charge in [-0.1, -0.05) is 15.9 Å². The second-order valence-electron chi connectivity index (χ2n) is 4.73. The first kappa shape index (κ1) is 15.8. The minimum Gasteiger partial charge on any atom is -0.496 e.